The predicted octanol–water partition coefficient (Wildman–Crippen LogP) is 5.15. The van der Waals surface area contributed by atoms with Crippen LogP contribution in [0.25, 0.3) is 0 Å². The molecule has 0 amide bonds. The maximum Gasteiger partial charge on any atom is 0.133 e. The summed E-state index contributed by atoms with van der Waals surface area (Å²) in [4.78, 5) is 12.3. The van der Waals surface area contributed by atoms with Crippen LogP contribution in [-0.4, -0.2) is 12.9 Å². The first-order chi connectivity index (χ1) is 11.5. The highest BCUT2D eigenvalue weighted by atomic mass is 16.5. The molecule has 2 nitrogen and oxygen atoms in total. The third kappa shape index (κ3) is 2.33. The number of benzene rings is 1. The number of methoxy groups -OCH3 is 1. The van der Waals surface area contributed by atoms with Gasteiger partial charge in [0.15, 0.2) is 0 Å². The fourth-order valence-electron chi connectivity index (χ4n) is 6.55. The van der Waals surface area contributed by atoms with Crippen LogP contribution in [-0.2, 0) is 11.2 Å². The van der Waals surface area contributed by atoms with Crippen molar-refractivity contribution < 1.29 is 9.53 Å². The standard InChI is InChI=1S/C22H30O2/c1-14(23)20-5-4-6-21-19-9-7-15-13-16(24-3)8-10-17(15)18(19)11-12-22(20,21)2/h8,10,13,18-21H,4-7,9,11-12H2,1-3H3. The van der Waals surface area contributed by atoms with Gasteiger partial charge in [-0.25, -0.2) is 0 Å². The Bertz CT molecular complexity index is 649. The molecule has 0 saturated heterocycles. The molecule has 0 bridgehead atoms. The van der Waals surface area contributed by atoms with E-state index in [0.29, 0.717) is 17.6 Å². The quantitative estimate of drug-likeness (QED) is 0.751. The fourth-order valence-corrected chi connectivity index (χ4v) is 6.55. The molecule has 130 valence electrons. The molecule has 0 aromatic heterocycles. The minimum Gasteiger partial charge on any atom is -0.497 e. The normalized spacial score (nSPS) is 37.8. The van der Waals surface area contributed by atoms with E-state index in [1.165, 1.54) is 44.1 Å². The van der Waals surface area contributed by atoms with Crippen LogP contribution in [0.1, 0.15) is 69.4 Å². The molecule has 0 heterocycles. The number of ether oxygens (including phenoxy) is 1. The molecule has 4 rings (SSSR count). The molecule has 2 fully saturated rings. The van der Waals surface area contributed by atoms with Crippen LogP contribution in [0.4, 0.5) is 0 Å². The van der Waals surface area contributed by atoms with E-state index < -0.39 is 0 Å². The van der Waals surface area contributed by atoms with Crippen LogP contribution < -0.4 is 4.74 Å². The molecule has 0 aliphatic heterocycles. The van der Waals surface area contributed by atoms with Gasteiger partial charge in [-0.15, -0.1) is 0 Å². The van der Waals surface area contributed by atoms with Gasteiger partial charge in [-0.05, 0) is 91.9 Å². The van der Waals surface area contributed by atoms with E-state index in [0.717, 1.165) is 24.0 Å². The molecule has 0 spiro atoms. The number of aryl methyl sites for hydroxylation is 1. The second-order valence-corrected chi connectivity index (χ2v) is 8.62. The second kappa shape index (κ2) is 5.89. The van der Waals surface area contributed by atoms with Crippen molar-refractivity contribution in [1.29, 1.82) is 0 Å². The fraction of sp³-hybridized carbons (Fsp3) is 0.682. The second-order valence-electron chi connectivity index (χ2n) is 8.62. The summed E-state index contributed by atoms with van der Waals surface area (Å²) in [5.74, 6) is 3.92. The Hall–Kier alpha value is -1.31. The largest absolute Gasteiger partial charge is 0.497 e. The summed E-state index contributed by atoms with van der Waals surface area (Å²) in [5, 5.41) is 0. The van der Waals surface area contributed by atoms with E-state index in [1.54, 1.807) is 12.7 Å². The molecule has 2 saturated carbocycles. The Morgan fingerprint density at radius 3 is 2.79 bits per heavy atom. The van der Waals surface area contributed by atoms with Crippen molar-refractivity contribution in [3.05, 3.63) is 29.3 Å². The Morgan fingerprint density at radius 1 is 1.21 bits per heavy atom. The van der Waals surface area contributed by atoms with E-state index in [4.69, 9.17) is 4.74 Å². The molecule has 24 heavy (non-hydrogen) atoms. The molecule has 5 atom stereocenters. The van der Waals surface area contributed by atoms with Gasteiger partial charge in [0.2, 0.25) is 0 Å². The van der Waals surface area contributed by atoms with Crippen molar-refractivity contribution in [1.82, 2.24) is 0 Å². The van der Waals surface area contributed by atoms with Crippen molar-refractivity contribution in [2.24, 2.45) is 23.2 Å². The maximum atomic E-state index is 12.3. The van der Waals surface area contributed by atoms with Gasteiger partial charge < -0.3 is 4.74 Å². The lowest BCUT2D eigenvalue weighted by Crippen LogP contribution is -2.50. The number of hydrogen-bond acceptors (Lipinski definition) is 2. The first-order valence-electron chi connectivity index (χ1n) is 9.72. The lowest BCUT2D eigenvalue weighted by Gasteiger charge is -2.57. The summed E-state index contributed by atoms with van der Waals surface area (Å²) < 4.78 is 5.42. The number of carbonyl (C=O) groups excluding carboxylic acids is 1. The Morgan fingerprint density at radius 2 is 2.04 bits per heavy atom. The van der Waals surface area contributed by atoms with Crippen LogP contribution in [0, 0.1) is 23.2 Å². The lowest BCUT2D eigenvalue weighted by molar-refractivity contribution is -0.134. The maximum absolute atomic E-state index is 12.3. The van der Waals surface area contributed by atoms with E-state index in [9.17, 15) is 4.79 Å². The van der Waals surface area contributed by atoms with E-state index >= 15 is 0 Å². The van der Waals surface area contributed by atoms with E-state index in [-0.39, 0.29) is 5.41 Å². The zero-order valence-corrected chi connectivity index (χ0v) is 15.3. The zero-order chi connectivity index (χ0) is 16.9. The number of Topliss-reactive ketones (excluding diaryl/α,β-unsaturated/α-hetero) is 1. The van der Waals surface area contributed by atoms with Crippen LogP contribution in [0.2, 0.25) is 0 Å². The van der Waals surface area contributed by atoms with Crippen LogP contribution >= 0.6 is 0 Å². The van der Waals surface area contributed by atoms with Gasteiger partial charge in [0, 0.05) is 5.92 Å². The SMILES string of the molecule is COc1ccc2c(c1)CCC1C2CCC2(C)C(C(C)=O)CCCC12. The first kappa shape index (κ1) is 16.2. The van der Waals surface area contributed by atoms with Crippen molar-refractivity contribution in [2.45, 2.75) is 64.7 Å². The number of ketones is 1. The third-order valence-corrected chi connectivity index (χ3v) is 7.67. The number of fused-ring (bicyclic) bond motifs is 5. The summed E-state index contributed by atoms with van der Waals surface area (Å²) in [7, 11) is 1.75. The molecule has 0 radical (unpaired) electrons. The van der Waals surface area contributed by atoms with Crippen molar-refractivity contribution in [2.75, 3.05) is 7.11 Å². The van der Waals surface area contributed by atoms with Crippen molar-refractivity contribution in [3.8, 4) is 5.75 Å². The Labute approximate surface area is 146 Å². The number of carbonyl (C=O) groups is 1. The monoisotopic (exact) mass is 326 g/mol. The van der Waals surface area contributed by atoms with Gasteiger partial charge in [0.05, 0.1) is 7.11 Å². The van der Waals surface area contributed by atoms with Gasteiger partial charge in [0.25, 0.3) is 0 Å². The van der Waals surface area contributed by atoms with E-state index in [2.05, 4.69) is 25.1 Å². The first-order valence-corrected chi connectivity index (χ1v) is 9.72. The molecule has 0 N–H and O–H groups in total. The predicted molar refractivity (Wildman–Crippen MR) is 96.4 cm³/mol. The number of hydrogen-bond donors (Lipinski definition) is 0. The topological polar surface area (TPSA) is 26.3 Å². The van der Waals surface area contributed by atoms with Crippen LogP contribution in [0.15, 0.2) is 18.2 Å². The minimum atomic E-state index is 0.245. The highest BCUT2D eigenvalue weighted by Crippen LogP contribution is 2.61. The molecular formula is C22H30O2. The molecule has 2 heteroatoms. The number of rotatable bonds is 2. The van der Waals surface area contributed by atoms with Crippen LogP contribution in [0.3, 0.4) is 0 Å². The summed E-state index contributed by atoms with van der Waals surface area (Å²) in [6, 6.07) is 6.70. The lowest BCUT2D eigenvalue weighted by atomic mass is 9.47. The molecule has 5 unspecified atom stereocenters. The Balaban J connectivity index is 1.67. The average molecular weight is 326 g/mol. The minimum absolute atomic E-state index is 0.245. The van der Waals surface area contributed by atoms with Gasteiger partial charge in [-0.2, -0.15) is 0 Å². The molecule has 1 aromatic rings. The van der Waals surface area contributed by atoms with Gasteiger partial charge >= 0.3 is 0 Å². The average Bonchev–Trinajstić information content (AvgIpc) is 2.59. The van der Waals surface area contributed by atoms with Gasteiger partial charge in [0.1, 0.15) is 11.5 Å². The molecular weight excluding hydrogens is 296 g/mol. The summed E-state index contributed by atoms with van der Waals surface area (Å²) in [6.07, 6.45) is 8.61. The Kier molecular flexibility index (Phi) is 3.97. The molecule has 3 aliphatic carbocycles. The third-order valence-electron chi connectivity index (χ3n) is 7.67. The smallest absolute Gasteiger partial charge is 0.133 e. The highest BCUT2D eigenvalue weighted by molar-refractivity contribution is 5.79. The highest BCUT2D eigenvalue weighted by Gasteiger charge is 2.53. The summed E-state index contributed by atoms with van der Waals surface area (Å²) >= 11 is 0. The van der Waals surface area contributed by atoms with Crippen molar-refractivity contribution >= 4 is 5.78 Å². The van der Waals surface area contributed by atoms with Crippen LogP contribution in [0.5, 0.6) is 5.75 Å². The van der Waals surface area contributed by atoms with Crippen molar-refractivity contribution in [3.63, 3.8) is 0 Å². The molecule has 3 aliphatic rings. The van der Waals surface area contributed by atoms with Gasteiger partial charge in [-0.1, -0.05) is 19.4 Å². The summed E-state index contributed by atoms with van der Waals surface area (Å²) in [5.41, 5.74) is 3.31. The zero-order valence-electron chi connectivity index (χ0n) is 15.3. The van der Waals surface area contributed by atoms with Gasteiger partial charge in [-0.3, -0.25) is 4.79 Å². The molecule has 1 aromatic carbocycles. The summed E-state index contributed by atoms with van der Waals surface area (Å²) in [6.45, 7) is 4.26. The van der Waals surface area contributed by atoms with E-state index in [1.807, 2.05) is 6.92 Å².